The summed E-state index contributed by atoms with van der Waals surface area (Å²) in [5.74, 6) is 0.786. The van der Waals surface area contributed by atoms with E-state index in [-0.39, 0.29) is 0 Å². The van der Waals surface area contributed by atoms with Gasteiger partial charge in [0.2, 0.25) is 0 Å². The van der Waals surface area contributed by atoms with Crippen LogP contribution in [0.4, 0.5) is 5.82 Å². The van der Waals surface area contributed by atoms with Crippen molar-refractivity contribution in [3.05, 3.63) is 22.8 Å². The second kappa shape index (κ2) is 5.55. The van der Waals surface area contributed by atoms with E-state index >= 15 is 0 Å². The maximum absolute atomic E-state index is 8.95. The van der Waals surface area contributed by atoms with Gasteiger partial charge in [-0.25, -0.2) is 4.98 Å². The number of likely N-dealkylation sites (tertiary alicyclic amines) is 1. The Morgan fingerprint density at radius 3 is 2.72 bits per heavy atom. The fraction of sp³-hybridized carbons (Fsp3) is 0.538. The summed E-state index contributed by atoms with van der Waals surface area (Å²) in [7, 11) is 4.16. The lowest BCUT2D eigenvalue weighted by Gasteiger charge is -2.35. The Morgan fingerprint density at radius 2 is 2.11 bits per heavy atom. The molecule has 1 saturated heterocycles. The Kier molecular flexibility index (Phi) is 4.05. The smallest absolute Gasteiger partial charge is 0.132 e. The molecule has 1 aliphatic heterocycles. The van der Waals surface area contributed by atoms with E-state index in [4.69, 9.17) is 16.9 Å². The van der Waals surface area contributed by atoms with E-state index in [1.165, 1.54) is 0 Å². The number of halogens is 1. The summed E-state index contributed by atoms with van der Waals surface area (Å²) in [6.07, 6.45) is 2.23. The predicted octanol–water partition coefficient (Wildman–Crippen LogP) is 2.14. The van der Waals surface area contributed by atoms with E-state index in [0.717, 1.165) is 31.7 Å². The van der Waals surface area contributed by atoms with Crippen LogP contribution in [0.3, 0.4) is 0 Å². The topological polar surface area (TPSA) is 43.2 Å². The highest BCUT2D eigenvalue weighted by Gasteiger charge is 2.21. The molecule has 2 rings (SSSR count). The van der Waals surface area contributed by atoms with E-state index in [9.17, 15) is 0 Å². The summed E-state index contributed by atoms with van der Waals surface area (Å²) >= 11 is 5.94. The van der Waals surface area contributed by atoms with Gasteiger partial charge in [0.05, 0.1) is 11.6 Å². The molecule has 0 aromatic carbocycles. The molecule has 5 heteroatoms. The molecule has 2 heterocycles. The summed E-state index contributed by atoms with van der Waals surface area (Å²) < 4.78 is 0. The molecule has 1 aliphatic rings. The fourth-order valence-electron chi connectivity index (χ4n) is 2.30. The minimum absolute atomic E-state index is 0.379. The highest BCUT2D eigenvalue weighted by Crippen LogP contribution is 2.22. The average molecular weight is 265 g/mol. The van der Waals surface area contributed by atoms with Gasteiger partial charge >= 0.3 is 0 Å². The van der Waals surface area contributed by atoms with Crippen molar-refractivity contribution in [2.45, 2.75) is 18.9 Å². The molecule has 0 radical (unpaired) electrons. The third-order valence-corrected chi connectivity index (χ3v) is 3.70. The first kappa shape index (κ1) is 13.1. The zero-order valence-corrected chi connectivity index (χ0v) is 11.5. The number of pyridine rings is 1. The molecule has 1 aromatic rings. The van der Waals surface area contributed by atoms with Gasteiger partial charge in [0.25, 0.3) is 0 Å². The quantitative estimate of drug-likeness (QED) is 0.768. The SMILES string of the molecule is CN1CCC(N(C)c2cc(C#N)cc(Cl)n2)CC1. The van der Waals surface area contributed by atoms with Crippen molar-refractivity contribution in [3.63, 3.8) is 0 Å². The van der Waals surface area contributed by atoms with E-state index in [0.29, 0.717) is 16.8 Å². The Morgan fingerprint density at radius 1 is 1.44 bits per heavy atom. The second-order valence-electron chi connectivity index (χ2n) is 4.79. The van der Waals surface area contributed by atoms with Crippen LogP contribution in [0.25, 0.3) is 0 Å². The summed E-state index contributed by atoms with van der Waals surface area (Å²) in [5.41, 5.74) is 0.560. The average Bonchev–Trinajstić information content (AvgIpc) is 2.38. The lowest BCUT2D eigenvalue weighted by Crippen LogP contribution is -2.42. The molecule has 0 unspecified atom stereocenters. The van der Waals surface area contributed by atoms with Crippen LogP contribution in [-0.2, 0) is 0 Å². The molecule has 0 amide bonds. The van der Waals surface area contributed by atoms with Gasteiger partial charge in [-0.2, -0.15) is 5.26 Å². The molecule has 1 aromatic heterocycles. The minimum Gasteiger partial charge on any atom is -0.357 e. The molecule has 0 atom stereocenters. The van der Waals surface area contributed by atoms with E-state index < -0.39 is 0 Å². The third-order valence-electron chi connectivity index (χ3n) is 3.51. The number of hydrogen-bond acceptors (Lipinski definition) is 4. The Bertz CT molecular complexity index is 461. The lowest BCUT2D eigenvalue weighted by atomic mass is 10.0. The van der Waals surface area contributed by atoms with Crippen LogP contribution in [0.5, 0.6) is 0 Å². The molecule has 4 nitrogen and oxygen atoms in total. The van der Waals surface area contributed by atoms with Gasteiger partial charge in [-0.3, -0.25) is 0 Å². The van der Waals surface area contributed by atoms with Gasteiger partial charge in [-0.1, -0.05) is 11.6 Å². The largest absolute Gasteiger partial charge is 0.357 e. The zero-order valence-electron chi connectivity index (χ0n) is 10.7. The minimum atomic E-state index is 0.379. The van der Waals surface area contributed by atoms with Crippen LogP contribution in [0.1, 0.15) is 18.4 Å². The maximum Gasteiger partial charge on any atom is 0.132 e. The van der Waals surface area contributed by atoms with Crippen molar-refractivity contribution in [3.8, 4) is 6.07 Å². The first-order valence-corrected chi connectivity index (χ1v) is 6.47. The molecule has 18 heavy (non-hydrogen) atoms. The number of hydrogen-bond donors (Lipinski definition) is 0. The normalized spacial score (nSPS) is 17.4. The molecule has 0 N–H and O–H groups in total. The predicted molar refractivity (Wildman–Crippen MR) is 72.9 cm³/mol. The monoisotopic (exact) mass is 264 g/mol. The van der Waals surface area contributed by atoms with E-state index in [1.54, 1.807) is 12.1 Å². The standard InChI is InChI=1S/C13H17ClN4/c1-17-5-3-11(4-6-17)18(2)13-8-10(9-15)7-12(14)16-13/h7-8,11H,3-6H2,1-2H3. The Hall–Kier alpha value is -1.31. The third kappa shape index (κ3) is 2.92. The van der Waals surface area contributed by atoms with Crippen molar-refractivity contribution in [2.75, 3.05) is 32.1 Å². The molecule has 0 aliphatic carbocycles. The van der Waals surface area contributed by atoms with Crippen LogP contribution in [0, 0.1) is 11.3 Å². The number of rotatable bonds is 2. The summed E-state index contributed by atoms with van der Waals surface area (Å²) in [4.78, 5) is 8.77. The van der Waals surface area contributed by atoms with Crippen LogP contribution >= 0.6 is 11.6 Å². The van der Waals surface area contributed by atoms with Gasteiger partial charge in [-0.15, -0.1) is 0 Å². The molecule has 0 bridgehead atoms. The molecule has 96 valence electrons. The molecular formula is C13H17ClN4. The number of nitrogens with zero attached hydrogens (tertiary/aromatic N) is 4. The number of anilines is 1. The zero-order chi connectivity index (χ0) is 13.1. The van der Waals surface area contributed by atoms with Crippen molar-refractivity contribution in [2.24, 2.45) is 0 Å². The van der Waals surface area contributed by atoms with Crippen LogP contribution in [0.15, 0.2) is 12.1 Å². The Balaban J connectivity index is 2.16. The maximum atomic E-state index is 8.95. The lowest BCUT2D eigenvalue weighted by molar-refractivity contribution is 0.252. The van der Waals surface area contributed by atoms with Gasteiger partial charge < -0.3 is 9.80 Å². The van der Waals surface area contributed by atoms with Crippen molar-refractivity contribution >= 4 is 17.4 Å². The highest BCUT2D eigenvalue weighted by molar-refractivity contribution is 6.29. The van der Waals surface area contributed by atoms with E-state index in [1.807, 2.05) is 7.05 Å². The van der Waals surface area contributed by atoms with Gasteiger partial charge in [0.15, 0.2) is 0 Å². The highest BCUT2D eigenvalue weighted by atomic mass is 35.5. The number of piperidine rings is 1. The van der Waals surface area contributed by atoms with Gasteiger partial charge in [-0.05, 0) is 45.1 Å². The summed E-state index contributed by atoms with van der Waals surface area (Å²) in [6.45, 7) is 2.20. The molecule has 0 saturated carbocycles. The first-order valence-electron chi connectivity index (χ1n) is 6.09. The Labute approximate surface area is 113 Å². The van der Waals surface area contributed by atoms with Gasteiger partial charge in [0.1, 0.15) is 11.0 Å². The molecule has 1 fully saturated rings. The summed E-state index contributed by atoms with van der Waals surface area (Å²) in [5, 5.41) is 9.33. The van der Waals surface area contributed by atoms with Crippen LogP contribution in [-0.4, -0.2) is 43.1 Å². The first-order chi connectivity index (χ1) is 8.60. The van der Waals surface area contributed by atoms with Crippen molar-refractivity contribution in [1.82, 2.24) is 9.88 Å². The van der Waals surface area contributed by atoms with Crippen LogP contribution in [0.2, 0.25) is 5.15 Å². The molecular weight excluding hydrogens is 248 g/mol. The van der Waals surface area contributed by atoms with Crippen molar-refractivity contribution < 1.29 is 0 Å². The molecule has 0 spiro atoms. The second-order valence-corrected chi connectivity index (χ2v) is 5.18. The number of nitriles is 1. The number of aromatic nitrogens is 1. The van der Waals surface area contributed by atoms with E-state index in [2.05, 4.69) is 27.9 Å². The fourth-order valence-corrected chi connectivity index (χ4v) is 2.50. The van der Waals surface area contributed by atoms with Crippen LogP contribution < -0.4 is 4.90 Å². The summed E-state index contributed by atoms with van der Waals surface area (Å²) in [6, 6.07) is 5.97. The van der Waals surface area contributed by atoms with Crippen molar-refractivity contribution in [1.29, 1.82) is 5.26 Å². The van der Waals surface area contributed by atoms with Gasteiger partial charge in [0, 0.05) is 13.1 Å².